The summed E-state index contributed by atoms with van der Waals surface area (Å²) in [6.07, 6.45) is -0.738. The second-order valence-electron chi connectivity index (χ2n) is 9.34. The first-order valence-electron chi connectivity index (χ1n) is 12.4. The lowest BCUT2D eigenvalue weighted by molar-refractivity contribution is 0.0747. The van der Waals surface area contributed by atoms with E-state index in [1.807, 2.05) is 49.4 Å². The van der Waals surface area contributed by atoms with Crippen LogP contribution in [0.3, 0.4) is 0 Å². The standard InChI is InChI=1S/C28H31BrFN3O4S/c1-4-33(5-2)38(35,36)24-13-14-26(37-23-8-6-7-19(3)15-23)25(16-24)31-27(34)32-28(17-22(30)18-28)20-9-11-21(29)12-10-20/h6-16,22H,4-5,17-18H2,1-3H3,(H2,31,32,34). The Balaban J connectivity index is 1.66. The van der Waals surface area contributed by atoms with Crippen LogP contribution in [0.1, 0.15) is 37.8 Å². The number of ether oxygens (including phenoxy) is 1. The molecule has 3 aromatic rings. The number of alkyl halides is 1. The molecule has 0 spiro atoms. The van der Waals surface area contributed by atoms with E-state index in [1.54, 1.807) is 19.9 Å². The maximum atomic E-state index is 14.0. The molecule has 0 aliphatic heterocycles. The molecule has 0 unspecified atom stereocenters. The summed E-state index contributed by atoms with van der Waals surface area (Å²) in [4.78, 5) is 13.3. The second kappa shape index (κ2) is 11.4. The third-order valence-electron chi connectivity index (χ3n) is 6.65. The number of hydrogen-bond acceptors (Lipinski definition) is 4. The Morgan fingerprint density at radius 2 is 1.76 bits per heavy atom. The first-order chi connectivity index (χ1) is 18.1. The minimum atomic E-state index is -3.79. The number of sulfonamides is 1. The Morgan fingerprint density at radius 3 is 2.37 bits per heavy atom. The van der Waals surface area contributed by atoms with Crippen LogP contribution in [0.5, 0.6) is 11.5 Å². The molecular weight excluding hydrogens is 573 g/mol. The van der Waals surface area contributed by atoms with Crippen molar-refractivity contribution in [1.82, 2.24) is 9.62 Å². The van der Waals surface area contributed by atoms with Crippen LogP contribution in [-0.2, 0) is 15.6 Å². The predicted molar refractivity (Wildman–Crippen MR) is 150 cm³/mol. The molecule has 1 aliphatic rings. The topological polar surface area (TPSA) is 87.7 Å². The number of carbonyl (C=O) groups is 1. The monoisotopic (exact) mass is 603 g/mol. The SMILES string of the molecule is CCN(CC)S(=O)(=O)c1ccc(Oc2cccc(C)c2)c(NC(=O)NC2(c3ccc(Br)cc3)CC(F)C2)c1. The van der Waals surface area contributed by atoms with Gasteiger partial charge in [-0.1, -0.05) is 54.0 Å². The number of carbonyl (C=O) groups excluding carboxylic acids is 1. The van der Waals surface area contributed by atoms with Crippen LogP contribution in [0.4, 0.5) is 14.9 Å². The highest BCUT2D eigenvalue weighted by atomic mass is 79.9. The van der Waals surface area contributed by atoms with Gasteiger partial charge in [0.25, 0.3) is 0 Å². The number of halogens is 2. The number of hydrogen-bond donors (Lipinski definition) is 2. The zero-order chi connectivity index (χ0) is 27.5. The molecule has 0 heterocycles. The van der Waals surface area contributed by atoms with E-state index in [0.29, 0.717) is 18.8 Å². The Morgan fingerprint density at radius 1 is 1.08 bits per heavy atom. The summed E-state index contributed by atoms with van der Waals surface area (Å²) in [5.74, 6) is 0.817. The fraction of sp³-hybridized carbons (Fsp3) is 0.321. The maximum absolute atomic E-state index is 14.0. The zero-order valence-electron chi connectivity index (χ0n) is 21.5. The molecule has 0 aromatic heterocycles. The number of rotatable bonds is 9. The molecule has 2 amide bonds. The van der Waals surface area contributed by atoms with Crippen LogP contribution < -0.4 is 15.4 Å². The molecule has 0 atom stereocenters. The third-order valence-corrected chi connectivity index (χ3v) is 9.22. The van der Waals surface area contributed by atoms with Gasteiger partial charge in [-0.3, -0.25) is 0 Å². The molecule has 1 saturated carbocycles. The smallest absolute Gasteiger partial charge is 0.320 e. The summed E-state index contributed by atoms with van der Waals surface area (Å²) in [7, 11) is -3.79. The lowest BCUT2D eigenvalue weighted by Gasteiger charge is -2.45. The third kappa shape index (κ3) is 6.03. The average molecular weight is 605 g/mol. The van der Waals surface area contributed by atoms with Gasteiger partial charge in [-0.05, 0) is 60.5 Å². The van der Waals surface area contributed by atoms with Crippen LogP contribution in [0.15, 0.2) is 76.1 Å². The molecule has 3 aromatic carbocycles. The highest BCUT2D eigenvalue weighted by molar-refractivity contribution is 9.10. The average Bonchev–Trinajstić information content (AvgIpc) is 2.85. The van der Waals surface area contributed by atoms with Crippen LogP contribution in [0.25, 0.3) is 0 Å². The van der Waals surface area contributed by atoms with E-state index in [-0.39, 0.29) is 29.2 Å². The lowest BCUT2D eigenvalue weighted by atomic mass is 9.70. The van der Waals surface area contributed by atoms with E-state index in [4.69, 9.17) is 4.74 Å². The molecule has 1 aliphatic carbocycles. The normalized spacial score (nSPS) is 19.1. The summed E-state index contributed by atoms with van der Waals surface area (Å²) in [5.41, 5.74) is 1.09. The van der Waals surface area contributed by atoms with E-state index >= 15 is 0 Å². The molecule has 4 rings (SSSR count). The van der Waals surface area contributed by atoms with Gasteiger partial charge in [-0.15, -0.1) is 0 Å². The number of nitrogens with one attached hydrogen (secondary N) is 2. The lowest BCUT2D eigenvalue weighted by Crippen LogP contribution is -2.56. The Hall–Kier alpha value is -2.95. The van der Waals surface area contributed by atoms with E-state index in [1.165, 1.54) is 22.5 Å². The highest BCUT2D eigenvalue weighted by Gasteiger charge is 2.47. The summed E-state index contributed by atoms with van der Waals surface area (Å²) in [5, 5.41) is 5.69. The zero-order valence-corrected chi connectivity index (χ0v) is 23.9. The number of aryl methyl sites for hydroxylation is 1. The fourth-order valence-electron chi connectivity index (χ4n) is 4.62. The Labute approximate surface area is 231 Å². The first kappa shape index (κ1) is 28.1. The van der Waals surface area contributed by atoms with E-state index < -0.39 is 27.8 Å². The molecule has 202 valence electrons. The molecule has 0 bridgehead atoms. The van der Waals surface area contributed by atoms with E-state index in [0.717, 1.165) is 15.6 Å². The molecule has 1 fully saturated rings. The first-order valence-corrected chi connectivity index (χ1v) is 14.7. The maximum Gasteiger partial charge on any atom is 0.320 e. The van der Waals surface area contributed by atoms with Crippen molar-refractivity contribution in [2.45, 2.75) is 50.2 Å². The number of urea groups is 1. The van der Waals surface area contributed by atoms with Crippen LogP contribution in [0.2, 0.25) is 0 Å². The van der Waals surface area contributed by atoms with Crippen molar-refractivity contribution >= 4 is 37.7 Å². The van der Waals surface area contributed by atoms with Crippen LogP contribution in [0, 0.1) is 6.92 Å². The molecule has 2 N–H and O–H groups in total. The van der Waals surface area contributed by atoms with Crippen molar-refractivity contribution in [2.24, 2.45) is 0 Å². The van der Waals surface area contributed by atoms with Gasteiger partial charge in [0, 0.05) is 30.4 Å². The van der Waals surface area contributed by atoms with E-state index in [2.05, 4.69) is 26.6 Å². The number of amides is 2. The van der Waals surface area contributed by atoms with Gasteiger partial charge in [0.05, 0.1) is 16.1 Å². The van der Waals surface area contributed by atoms with Gasteiger partial charge >= 0.3 is 6.03 Å². The van der Waals surface area contributed by atoms with E-state index in [9.17, 15) is 17.6 Å². The predicted octanol–water partition coefficient (Wildman–Crippen LogP) is 6.73. The van der Waals surface area contributed by atoms with Crippen molar-refractivity contribution in [1.29, 1.82) is 0 Å². The molecular formula is C28H31BrFN3O4S. The van der Waals surface area contributed by atoms with Crippen molar-refractivity contribution < 1.29 is 22.3 Å². The minimum Gasteiger partial charge on any atom is -0.455 e. The van der Waals surface area contributed by atoms with Gasteiger partial charge in [0.2, 0.25) is 10.0 Å². The Bertz CT molecular complexity index is 1410. The fourth-order valence-corrected chi connectivity index (χ4v) is 6.37. The molecule has 38 heavy (non-hydrogen) atoms. The Kier molecular flexibility index (Phi) is 8.44. The van der Waals surface area contributed by atoms with Gasteiger partial charge in [-0.2, -0.15) is 4.31 Å². The summed E-state index contributed by atoms with van der Waals surface area (Å²) < 4.78 is 48.7. The summed E-state index contributed by atoms with van der Waals surface area (Å²) >= 11 is 3.40. The van der Waals surface area contributed by atoms with Gasteiger partial charge in [0.15, 0.2) is 5.75 Å². The van der Waals surface area contributed by atoms with Gasteiger partial charge in [-0.25, -0.2) is 17.6 Å². The molecule has 0 saturated heterocycles. The highest BCUT2D eigenvalue weighted by Crippen LogP contribution is 2.44. The summed E-state index contributed by atoms with van der Waals surface area (Å²) in [6.45, 7) is 6.08. The molecule has 7 nitrogen and oxygen atoms in total. The molecule has 0 radical (unpaired) electrons. The number of anilines is 1. The number of benzene rings is 3. The summed E-state index contributed by atoms with van der Waals surface area (Å²) in [6, 6.07) is 18.6. The minimum absolute atomic E-state index is 0.0307. The quantitative estimate of drug-likeness (QED) is 0.284. The van der Waals surface area contributed by atoms with Crippen molar-refractivity contribution in [3.63, 3.8) is 0 Å². The van der Waals surface area contributed by atoms with Crippen molar-refractivity contribution in [3.8, 4) is 11.5 Å². The van der Waals surface area contributed by atoms with Crippen LogP contribution >= 0.6 is 15.9 Å². The largest absolute Gasteiger partial charge is 0.455 e. The number of nitrogens with zero attached hydrogens (tertiary/aromatic N) is 1. The van der Waals surface area contributed by atoms with Gasteiger partial charge < -0.3 is 15.4 Å². The van der Waals surface area contributed by atoms with Crippen molar-refractivity contribution in [2.75, 3.05) is 18.4 Å². The van der Waals surface area contributed by atoms with Crippen LogP contribution in [-0.4, -0.2) is 38.0 Å². The second-order valence-corrected chi connectivity index (χ2v) is 12.2. The molecule has 10 heteroatoms. The van der Waals surface area contributed by atoms with Gasteiger partial charge in [0.1, 0.15) is 11.9 Å². The van der Waals surface area contributed by atoms with Crippen molar-refractivity contribution in [3.05, 3.63) is 82.3 Å².